The minimum atomic E-state index is 0.563. The number of rotatable bonds is 1. The summed E-state index contributed by atoms with van der Waals surface area (Å²) in [5.41, 5.74) is 1.82. The summed E-state index contributed by atoms with van der Waals surface area (Å²) in [6.45, 7) is 3.81. The summed E-state index contributed by atoms with van der Waals surface area (Å²) in [4.78, 5) is 8.22. The van der Waals surface area contributed by atoms with E-state index in [2.05, 4.69) is 9.97 Å². The molecule has 2 aromatic rings. The number of nitrogens with zero attached hydrogens (tertiary/aromatic N) is 3. The van der Waals surface area contributed by atoms with Crippen LogP contribution in [0.4, 0.5) is 0 Å². The molecule has 0 saturated heterocycles. The summed E-state index contributed by atoms with van der Waals surface area (Å²) in [5, 5.41) is 0. The van der Waals surface area contributed by atoms with Gasteiger partial charge in [-0.2, -0.15) is 4.98 Å². The fourth-order valence-corrected chi connectivity index (χ4v) is 0.986. The molecule has 0 aliphatic carbocycles. The zero-order valence-electron chi connectivity index (χ0n) is 6.98. The van der Waals surface area contributed by atoms with E-state index < -0.39 is 0 Å². The molecule has 0 N–H and O–H groups in total. The second-order valence-electron chi connectivity index (χ2n) is 2.69. The molecule has 0 spiro atoms. The van der Waals surface area contributed by atoms with E-state index >= 15 is 0 Å². The summed E-state index contributed by atoms with van der Waals surface area (Å²) in [6.07, 6.45) is 5.16. The first-order valence-electron chi connectivity index (χ1n) is 3.69. The Balaban J connectivity index is 2.43. The zero-order valence-corrected chi connectivity index (χ0v) is 6.98. The van der Waals surface area contributed by atoms with Gasteiger partial charge < -0.3 is 4.42 Å². The highest BCUT2D eigenvalue weighted by atomic mass is 16.4. The van der Waals surface area contributed by atoms with Crippen LogP contribution in [0.25, 0.3) is 6.01 Å². The largest absolute Gasteiger partial charge is 0.431 e. The highest BCUT2D eigenvalue weighted by Crippen LogP contribution is 2.07. The van der Waals surface area contributed by atoms with Crippen LogP contribution in [0.1, 0.15) is 11.4 Å². The van der Waals surface area contributed by atoms with E-state index in [4.69, 9.17) is 4.42 Å². The average molecular weight is 163 g/mol. The van der Waals surface area contributed by atoms with Crippen molar-refractivity contribution >= 4 is 0 Å². The Kier molecular flexibility index (Phi) is 1.46. The van der Waals surface area contributed by atoms with Gasteiger partial charge in [0.05, 0.1) is 11.4 Å². The summed E-state index contributed by atoms with van der Waals surface area (Å²) in [5.74, 6) is 0. The molecule has 0 fully saturated rings. The maximum atomic E-state index is 5.18. The molecule has 4 heteroatoms. The third-order valence-electron chi connectivity index (χ3n) is 1.54. The Morgan fingerprint density at radius 2 is 2.17 bits per heavy atom. The number of oxazole rings is 1. The van der Waals surface area contributed by atoms with Crippen molar-refractivity contribution in [3.05, 3.63) is 30.2 Å². The monoisotopic (exact) mass is 163 g/mol. The fraction of sp³-hybridized carbons (Fsp3) is 0.250. The molecule has 0 bridgehead atoms. The Morgan fingerprint density at radius 3 is 2.67 bits per heavy atom. The molecule has 0 aromatic carbocycles. The summed E-state index contributed by atoms with van der Waals surface area (Å²) in [7, 11) is 0. The second-order valence-corrected chi connectivity index (χ2v) is 2.69. The van der Waals surface area contributed by atoms with Crippen LogP contribution in [0.2, 0.25) is 0 Å². The van der Waals surface area contributed by atoms with Crippen LogP contribution in [-0.4, -0.2) is 14.5 Å². The van der Waals surface area contributed by atoms with E-state index in [1.54, 1.807) is 17.2 Å². The van der Waals surface area contributed by atoms with Crippen LogP contribution in [0.5, 0.6) is 0 Å². The smallest absolute Gasteiger partial charge is 0.307 e. The van der Waals surface area contributed by atoms with Gasteiger partial charge >= 0.3 is 6.01 Å². The van der Waals surface area contributed by atoms with Crippen LogP contribution >= 0.6 is 0 Å². The van der Waals surface area contributed by atoms with Crippen molar-refractivity contribution in [3.63, 3.8) is 0 Å². The quantitative estimate of drug-likeness (QED) is 0.639. The topological polar surface area (TPSA) is 43.9 Å². The predicted molar refractivity (Wildman–Crippen MR) is 43.1 cm³/mol. The van der Waals surface area contributed by atoms with Crippen molar-refractivity contribution < 1.29 is 4.42 Å². The average Bonchev–Trinajstić information content (AvgIpc) is 2.58. The first kappa shape index (κ1) is 7.09. The van der Waals surface area contributed by atoms with E-state index in [-0.39, 0.29) is 0 Å². The lowest BCUT2D eigenvalue weighted by molar-refractivity contribution is 0.526. The molecule has 0 saturated carbocycles. The number of hydrogen-bond acceptors (Lipinski definition) is 3. The molecule has 2 rings (SSSR count). The van der Waals surface area contributed by atoms with E-state index in [9.17, 15) is 0 Å². The molecule has 0 aliphatic rings. The molecular formula is C8H9N3O. The van der Waals surface area contributed by atoms with Gasteiger partial charge in [-0.05, 0) is 13.8 Å². The van der Waals surface area contributed by atoms with Crippen LogP contribution < -0.4 is 0 Å². The Labute approximate surface area is 69.9 Å². The van der Waals surface area contributed by atoms with E-state index in [1.165, 1.54) is 0 Å². The molecule has 0 radical (unpaired) electrons. The van der Waals surface area contributed by atoms with E-state index in [0.717, 1.165) is 11.4 Å². The van der Waals surface area contributed by atoms with Crippen molar-refractivity contribution in [2.24, 2.45) is 0 Å². The molecule has 0 amide bonds. The predicted octanol–water partition coefficient (Wildman–Crippen LogP) is 1.48. The fourth-order valence-electron chi connectivity index (χ4n) is 0.986. The van der Waals surface area contributed by atoms with E-state index in [0.29, 0.717) is 6.01 Å². The Morgan fingerprint density at radius 1 is 1.33 bits per heavy atom. The summed E-state index contributed by atoms with van der Waals surface area (Å²) >= 11 is 0. The highest BCUT2D eigenvalue weighted by Gasteiger charge is 2.02. The normalized spacial score (nSPS) is 10.5. The lowest BCUT2D eigenvalue weighted by Gasteiger charge is -1.90. The van der Waals surface area contributed by atoms with Gasteiger partial charge in [0.2, 0.25) is 0 Å². The lowest BCUT2D eigenvalue weighted by atomic mass is 10.6. The maximum absolute atomic E-state index is 5.18. The number of aromatic nitrogens is 3. The molecule has 0 unspecified atom stereocenters. The van der Waals surface area contributed by atoms with Gasteiger partial charge in [-0.25, -0.2) is 4.98 Å². The molecule has 0 atom stereocenters. The molecule has 62 valence electrons. The minimum absolute atomic E-state index is 0.563. The van der Waals surface area contributed by atoms with Crippen molar-refractivity contribution in [2.45, 2.75) is 13.8 Å². The van der Waals surface area contributed by atoms with Gasteiger partial charge in [0.15, 0.2) is 0 Å². The van der Waals surface area contributed by atoms with E-state index in [1.807, 2.05) is 20.0 Å². The first-order valence-corrected chi connectivity index (χ1v) is 3.69. The lowest BCUT2D eigenvalue weighted by Crippen LogP contribution is -1.89. The van der Waals surface area contributed by atoms with Gasteiger partial charge in [-0.3, -0.25) is 4.57 Å². The van der Waals surface area contributed by atoms with Gasteiger partial charge in [0.25, 0.3) is 0 Å². The molecule has 2 heterocycles. The zero-order chi connectivity index (χ0) is 8.55. The molecular weight excluding hydrogens is 154 g/mol. The molecule has 12 heavy (non-hydrogen) atoms. The van der Waals surface area contributed by atoms with Crippen LogP contribution in [0.3, 0.4) is 0 Å². The third-order valence-corrected chi connectivity index (χ3v) is 1.54. The maximum Gasteiger partial charge on any atom is 0.307 e. The number of imidazole rings is 1. The van der Waals surface area contributed by atoms with Gasteiger partial charge in [0.1, 0.15) is 12.6 Å². The van der Waals surface area contributed by atoms with Crippen molar-refractivity contribution in [1.82, 2.24) is 14.5 Å². The van der Waals surface area contributed by atoms with Crippen LogP contribution in [0.15, 0.2) is 23.2 Å². The SMILES string of the molecule is Cc1cn(-c2nc(C)co2)cn1. The highest BCUT2D eigenvalue weighted by molar-refractivity contribution is 5.11. The van der Waals surface area contributed by atoms with Gasteiger partial charge in [0, 0.05) is 6.20 Å². The van der Waals surface area contributed by atoms with Crippen LogP contribution in [0, 0.1) is 13.8 Å². The molecule has 0 aliphatic heterocycles. The van der Waals surface area contributed by atoms with Gasteiger partial charge in [-0.15, -0.1) is 0 Å². The van der Waals surface area contributed by atoms with Crippen molar-refractivity contribution in [2.75, 3.05) is 0 Å². The third kappa shape index (κ3) is 1.11. The first-order chi connectivity index (χ1) is 5.75. The summed E-state index contributed by atoms with van der Waals surface area (Å²) < 4.78 is 6.93. The summed E-state index contributed by atoms with van der Waals surface area (Å²) in [6, 6.07) is 0.563. The van der Waals surface area contributed by atoms with Crippen molar-refractivity contribution in [1.29, 1.82) is 0 Å². The molecule has 2 aromatic heterocycles. The number of aryl methyl sites for hydroxylation is 2. The van der Waals surface area contributed by atoms with Crippen LogP contribution in [-0.2, 0) is 0 Å². The minimum Gasteiger partial charge on any atom is -0.431 e. The Hall–Kier alpha value is -1.58. The van der Waals surface area contributed by atoms with Gasteiger partial charge in [-0.1, -0.05) is 0 Å². The number of hydrogen-bond donors (Lipinski definition) is 0. The standard InChI is InChI=1S/C8H9N3O/c1-6-3-11(5-9-6)8-10-7(2)4-12-8/h3-5H,1-2H3. The molecule has 4 nitrogen and oxygen atoms in total. The second kappa shape index (κ2) is 2.48. The van der Waals surface area contributed by atoms with Crippen molar-refractivity contribution in [3.8, 4) is 6.01 Å². The Bertz CT molecular complexity index is 350.